The van der Waals surface area contributed by atoms with Crippen molar-refractivity contribution in [1.29, 1.82) is 0 Å². The van der Waals surface area contributed by atoms with E-state index in [9.17, 15) is 19.2 Å². The number of amides is 3. The van der Waals surface area contributed by atoms with Crippen LogP contribution in [0.15, 0.2) is 88.1 Å². The van der Waals surface area contributed by atoms with E-state index in [1.807, 2.05) is 48.5 Å². The number of nitrogens with zero attached hydrogens (tertiary/aromatic N) is 1. The maximum Gasteiger partial charge on any atom is 0.349 e. The average Bonchev–Trinajstić information content (AvgIpc) is 2.89. The lowest BCUT2D eigenvalue weighted by molar-refractivity contribution is -0.156. The first-order valence-electron chi connectivity index (χ1n) is 11.4. The number of rotatable bonds is 1. The molecular weight excluding hydrogens is 444 g/mol. The third kappa shape index (κ3) is 2.60. The van der Waals surface area contributed by atoms with E-state index in [-0.39, 0.29) is 17.4 Å². The van der Waals surface area contributed by atoms with Crippen molar-refractivity contribution in [2.75, 3.05) is 0 Å². The molecule has 3 aromatic carbocycles. The second-order valence-electron chi connectivity index (χ2n) is 9.20. The molecule has 1 fully saturated rings. The molecule has 8 rings (SSSR count). The summed E-state index contributed by atoms with van der Waals surface area (Å²) in [5.74, 6) is -3.88. The Morgan fingerprint density at radius 1 is 0.743 bits per heavy atom. The minimum absolute atomic E-state index is 0.288. The van der Waals surface area contributed by atoms with E-state index in [1.54, 1.807) is 24.3 Å². The second kappa shape index (κ2) is 6.99. The van der Waals surface area contributed by atoms with Crippen molar-refractivity contribution in [2.24, 2.45) is 11.8 Å². The number of nitrogens with one attached hydrogen (secondary N) is 1. The highest BCUT2D eigenvalue weighted by Gasteiger charge is 2.59. The number of fused-ring (bicyclic) bond motifs is 1. The van der Waals surface area contributed by atoms with Crippen molar-refractivity contribution in [2.45, 2.75) is 11.8 Å². The van der Waals surface area contributed by atoms with Gasteiger partial charge in [0, 0.05) is 17.2 Å². The summed E-state index contributed by atoms with van der Waals surface area (Å²) >= 11 is 0. The van der Waals surface area contributed by atoms with Gasteiger partial charge in [-0.1, -0.05) is 66.7 Å². The highest BCUT2D eigenvalue weighted by molar-refractivity contribution is 6.10. The summed E-state index contributed by atoms with van der Waals surface area (Å²) in [6.45, 7) is 0. The van der Waals surface area contributed by atoms with Crippen LogP contribution in [0.3, 0.4) is 0 Å². The van der Waals surface area contributed by atoms with E-state index in [1.165, 1.54) is 6.07 Å². The molecule has 3 aliphatic carbocycles. The van der Waals surface area contributed by atoms with Crippen molar-refractivity contribution in [1.82, 2.24) is 10.4 Å². The molecule has 4 aliphatic rings. The van der Waals surface area contributed by atoms with Crippen LogP contribution in [0.25, 0.3) is 11.0 Å². The normalized spacial score (nSPS) is 23.9. The Labute approximate surface area is 198 Å². The Bertz CT molecular complexity index is 1610. The van der Waals surface area contributed by atoms with Crippen LogP contribution in [0.2, 0.25) is 0 Å². The molecular formula is C28H18N2O5. The second-order valence-corrected chi connectivity index (χ2v) is 9.20. The van der Waals surface area contributed by atoms with Crippen molar-refractivity contribution >= 4 is 28.7 Å². The van der Waals surface area contributed by atoms with E-state index in [0.717, 1.165) is 22.3 Å². The molecule has 0 spiro atoms. The summed E-state index contributed by atoms with van der Waals surface area (Å²) < 4.78 is 5.29. The van der Waals surface area contributed by atoms with E-state index in [0.29, 0.717) is 16.0 Å². The minimum atomic E-state index is -0.899. The Kier molecular flexibility index (Phi) is 3.98. The number of benzene rings is 3. The number of para-hydroxylation sites is 1. The summed E-state index contributed by atoms with van der Waals surface area (Å²) in [4.78, 5) is 53.4. The van der Waals surface area contributed by atoms with Crippen LogP contribution in [-0.4, -0.2) is 22.7 Å². The van der Waals surface area contributed by atoms with Gasteiger partial charge in [-0.2, -0.15) is 5.01 Å². The van der Waals surface area contributed by atoms with E-state index in [4.69, 9.17) is 4.42 Å². The lowest BCUT2D eigenvalue weighted by Crippen LogP contribution is -2.65. The number of hydrogen-bond acceptors (Lipinski definition) is 5. The topological polar surface area (TPSA) is 96.7 Å². The summed E-state index contributed by atoms with van der Waals surface area (Å²) in [5, 5.41) is 1.25. The Balaban J connectivity index is 1.36. The quantitative estimate of drug-likeness (QED) is 0.346. The third-order valence-corrected chi connectivity index (χ3v) is 7.54. The fraction of sp³-hybridized carbons (Fsp3) is 0.143. The van der Waals surface area contributed by atoms with Crippen LogP contribution in [-0.2, 0) is 9.59 Å². The molecule has 1 N–H and O–H groups in total. The molecule has 2 heterocycles. The molecule has 7 heteroatoms. The zero-order chi connectivity index (χ0) is 23.8. The van der Waals surface area contributed by atoms with Crippen LogP contribution >= 0.6 is 0 Å². The third-order valence-electron chi connectivity index (χ3n) is 7.54. The molecule has 3 amide bonds. The standard InChI is InChI=1S/C28H18N2O5/c31-25-23-21-15-8-2-4-10-17(15)22(18-11-5-3-9-16(18)21)24(23)27(33)30(29-25)26(32)19-13-14-7-1-6-12-20(14)35-28(19)34/h1-13,21-24H,(H,29,31). The largest absolute Gasteiger partial charge is 0.422 e. The molecule has 2 unspecified atom stereocenters. The first-order valence-corrected chi connectivity index (χ1v) is 11.4. The van der Waals surface area contributed by atoms with Gasteiger partial charge in [0.25, 0.3) is 11.8 Å². The van der Waals surface area contributed by atoms with Gasteiger partial charge in [-0.15, -0.1) is 0 Å². The summed E-state index contributed by atoms with van der Waals surface area (Å²) in [6.07, 6.45) is 0. The SMILES string of the molecule is O=C1NN(C(=O)c2cc3ccccc3oc2=O)C(=O)C2C3c4ccccc4C(c4ccccc43)C12. The predicted octanol–water partition coefficient (Wildman–Crippen LogP) is 3.33. The van der Waals surface area contributed by atoms with Crippen LogP contribution in [0.4, 0.5) is 0 Å². The van der Waals surface area contributed by atoms with Crippen molar-refractivity contribution < 1.29 is 18.8 Å². The Hall–Kier alpha value is -4.52. The maximum atomic E-state index is 13.9. The Morgan fingerprint density at radius 3 is 1.91 bits per heavy atom. The molecule has 0 saturated carbocycles. The molecule has 1 aliphatic heterocycles. The van der Waals surface area contributed by atoms with Crippen LogP contribution < -0.4 is 11.1 Å². The predicted molar refractivity (Wildman–Crippen MR) is 125 cm³/mol. The van der Waals surface area contributed by atoms with Crippen molar-refractivity contribution in [3.63, 3.8) is 0 Å². The van der Waals surface area contributed by atoms with Gasteiger partial charge < -0.3 is 4.42 Å². The number of imide groups is 1. The van der Waals surface area contributed by atoms with Crippen molar-refractivity contribution in [3.8, 4) is 0 Å². The fourth-order valence-corrected chi connectivity index (χ4v) is 6.16. The van der Waals surface area contributed by atoms with Gasteiger partial charge in [-0.05, 0) is 34.4 Å². The highest BCUT2D eigenvalue weighted by atomic mass is 16.4. The van der Waals surface area contributed by atoms with E-state index < -0.39 is 35.2 Å². The van der Waals surface area contributed by atoms with Gasteiger partial charge >= 0.3 is 5.63 Å². The molecule has 35 heavy (non-hydrogen) atoms. The maximum absolute atomic E-state index is 13.9. The molecule has 1 aromatic heterocycles. The molecule has 1 saturated heterocycles. The zero-order valence-electron chi connectivity index (χ0n) is 18.3. The summed E-state index contributed by atoms with van der Waals surface area (Å²) in [5.41, 5.74) is 5.74. The van der Waals surface area contributed by atoms with Gasteiger partial charge in [-0.3, -0.25) is 19.8 Å². The average molecular weight is 462 g/mol. The van der Waals surface area contributed by atoms with E-state index >= 15 is 0 Å². The van der Waals surface area contributed by atoms with Crippen molar-refractivity contribution in [3.05, 3.63) is 117 Å². The van der Waals surface area contributed by atoms with Crippen LogP contribution in [0.1, 0.15) is 44.4 Å². The first kappa shape index (κ1) is 19.9. The van der Waals surface area contributed by atoms with Gasteiger partial charge in [0.1, 0.15) is 11.1 Å². The van der Waals surface area contributed by atoms with Crippen LogP contribution in [0.5, 0.6) is 0 Å². The number of hydrazine groups is 1. The monoisotopic (exact) mass is 462 g/mol. The zero-order valence-corrected chi connectivity index (χ0v) is 18.3. The molecule has 4 aromatic rings. The summed E-state index contributed by atoms with van der Waals surface area (Å²) in [6, 6.07) is 23.9. The molecule has 2 bridgehead atoms. The summed E-state index contributed by atoms with van der Waals surface area (Å²) in [7, 11) is 0. The lowest BCUT2D eigenvalue weighted by atomic mass is 9.53. The number of hydrogen-bond donors (Lipinski definition) is 1. The van der Waals surface area contributed by atoms with E-state index in [2.05, 4.69) is 5.43 Å². The molecule has 7 nitrogen and oxygen atoms in total. The first-order chi connectivity index (χ1) is 17.0. The lowest BCUT2D eigenvalue weighted by Gasteiger charge is -2.52. The van der Waals surface area contributed by atoms with Gasteiger partial charge in [-0.25, -0.2) is 4.79 Å². The minimum Gasteiger partial charge on any atom is -0.422 e. The smallest absolute Gasteiger partial charge is 0.349 e. The number of carbonyl (C=O) groups excluding carboxylic acids is 3. The van der Waals surface area contributed by atoms with Gasteiger partial charge in [0.2, 0.25) is 5.91 Å². The van der Waals surface area contributed by atoms with Gasteiger partial charge in [0.05, 0.1) is 11.8 Å². The van der Waals surface area contributed by atoms with Gasteiger partial charge in [0.15, 0.2) is 0 Å². The molecule has 2 atom stereocenters. The Morgan fingerprint density at radius 2 is 1.29 bits per heavy atom. The molecule has 0 radical (unpaired) electrons. The highest BCUT2D eigenvalue weighted by Crippen LogP contribution is 2.59. The van der Waals surface area contributed by atoms with Crippen LogP contribution in [0, 0.1) is 11.8 Å². The fourth-order valence-electron chi connectivity index (χ4n) is 6.16. The number of carbonyl (C=O) groups is 3. The molecule has 170 valence electrons.